The lowest BCUT2D eigenvalue weighted by molar-refractivity contribution is -0.163. The number of aromatic nitrogens is 2. The molecule has 0 radical (unpaired) electrons. The predicted octanol–water partition coefficient (Wildman–Crippen LogP) is 18.8. The van der Waals surface area contributed by atoms with Crippen molar-refractivity contribution in [3.63, 3.8) is 0 Å². The first-order chi connectivity index (χ1) is 39.5. The topological polar surface area (TPSA) is 105 Å². The Kier molecular flexibility index (Phi) is 22.2. The van der Waals surface area contributed by atoms with Crippen molar-refractivity contribution in [1.29, 1.82) is 0 Å². The zero-order valence-electron chi connectivity index (χ0n) is 44.5. The molecule has 6 heterocycles. The van der Waals surface area contributed by atoms with Gasteiger partial charge in [-0.2, -0.15) is 6.20 Å². The van der Waals surface area contributed by atoms with Gasteiger partial charge in [-0.25, -0.2) is 32.6 Å². The van der Waals surface area contributed by atoms with Crippen LogP contribution in [0.5, 0.6) is 0 Å². The van der Waals surface area contributed by atoms with Gasteiger partial charge in [0.05, 0.1) is 53.2 Å². The van der Waals surface area contributed by atoms with E-state index in [1.54, 1.807) is 0 Å². The lowest BCUT2D eigenvalue weighted by atomic mass is 9.76. The smallest absolute Gasteiger partial charge is 0.121 e. The number of pyridine rings is 2. The fourth-order valence-electron chi connectivity index (χ4n) is 11.5. The van der Waals surface area contributed by atoms with Gasteiger partial charge in [0.2, 0.25) is 0 Å². The molecule has 3 fully saturated rings. The van der Waals surface area contributed by atoms with Gasteiger partial charge in [0.25, 0.3) is 0 Å². The summed E-state index contributed by atoms with van der Waals surface area (Å²) in [5, 5.41) is 10.5. The zero-order valence-corrected chi connectivity index (χ0v) is 54.0. The summed E-state index contributed by atoms with van der Waals surface area (Å²) in [6, 6.07) is 28.8. The first kappa shape index (κ1) is 61.2. The van der Waals surface area contributed by atoms with Gasteiger partial charge in [-0.05, 0) is 144 Å². The average Bonchev–Trinajstić information content (AvgIpc) is 4.07. The quantitative estimate of drug-likeness (QED) is 0.0382. The molecule has 6 aliphatic rings. The molecule has 0 spiro atoms. The van der Waals surface area contributed by atoms with E-state index in [1.165, 1.54) is 85.7 Å². The molecule has 81 heavy (non-hydrogen) atoms. The molecule has 6 aromatic rings. The number of nitrogens with zero attached hydrogens (tertiary/aromatic N) is 6. The second-order valence-electron chi connectivity index (χ2n) is 19.9. The minimum atomic E-state index is 0.246. The summed E-state index contributed by atoms with van der Waals surface area (Å²) in [7, 11) is 4.58. The maximum absolute atomic E-state index is 6.29. The van der Waals surface area contributed by atoms with Crippen molar-refractivity contribution in [1.82, 2.24) is 22.9 Å². The molecule has 0 N–H and O–H groups in total. The molecule has 12 nitrogen and oxygen atoms in total. The number of benzene rings is 3. The number of fused-ring (bicyclic) bond motifs is 6. The Morgan fingerprint density at radius 2 is 1.22 bits per heavy atom. The van der Waals surface area contributed by atoms with Crippen LogP contribution >= 0.6 is 119 Å². The van der Waals surface area contributed by atoms with E-state index < -0.39 is 0 Å². The van der Waals surface area contributed by atoms with E-state index in [2.05, 4.69) is 121 Å². The standard InChI is InChI=1S/C20H20BrClN2O2S.2C20H19BrClN2O2S/c3*1-25-26-27-24-9-6-13(7-10-24)19-16-5-4-15(22)11-14(16)12-18(21)17-3-2-8-23-20(17)19/h2-5,8,11-13,19H,6-7,9-10H2,1H3;2*2-5,8,11-13H,6-7,9-10H2,1H3/q;-1;+1. The van der Waals surface area contributed by atoms with Crippen molar-refractivity contribution < 1.29 is 27.7 Å². The molecular weight excluding hydrogens is 1340 g/mol. The van der Waals surface area contributed by atoms with Gasteiger partial charge in [-0.3, -0.25) is 4.98 Å². The van der Waals surface area contributed by atoms with Gasteiger partial charge in [-0.1, -0.05) is 91.0 Å². The number of hydrogen-bond acceptors (Lipinski definition) is 14. The summed E-state index contributed by atoms with van der Waals surface area (Å²) < 4.78 is 24.7. The molecule has 0 amide bonds. The zero-order chi connectivity index (χ0) is 56.4. The van der Waals surface area contributed by atoms with E-state index in [-0.39, 0.29) is 5.92 Å². The summed E-state index contributed by atoms with van der Waals surface area (Å²) in [4.78, 5) is 23.7. The van der Waals surface area contributed by atoms with Crippen molar-refractivity contribution >= 4 is 163 Å². The molecule has 1 unspecified atom stereocenters. The fraction of sp³-hybridized carbons (Fsp3) is 0.317. The van der Waals surface area contributed by atoms with Crippen LogP contribution in [0.1, 0.15) is 89.4 Å². The molecule has 2 aromatic heterocycles. The van der Waals surface area contributed by atoms with Gasteiger partial charge >= 0.3 is 0 Å². The van der Waals surface area contributed by atoms with Crippen molar-refractivity contribution in [2.75, 3.05) is 60.6 Å². The van der Waals surface area contributed by atoms with Gasteiger partial charge in [0.1, 0.15) is 47.2 Å². The highest BCUT2D eigenvalue weighted by Gasteiger charge is 2.35. The van der Waals surface area contributed by atoms with Gasteiger partial charge in [-0.15, -0.1) is 18.7 Å². The van der Waals surface area contributed by atoms with E-state index in [4.69, 9.17) is 77.8 Å². The first-order valence-corrected chi connectivity index (χ1v) is 32.1. The predicted molar refractivity (Wildman–Crippen MR) is 346 cm³/mol. The number of piperidine rings is 3. The minimum Gasteiger partial charge on any atom is -0.663 e. The lowest BCUT2D eigenvalue weighted by Crippen LogP contribution is -2.32. The number of rotatable bonds is 12. The Morgan fingerprint density at radius 1 is 0.630 bits per heavy atom. The van der Waals surface area contributed by atoms with Crippen LogP contribution in [0.3, 0.4) is 0 Å². The van der Waals surface area contributed by atoms with Crippen LogP contribution < -0.4 is 0 Å². The normalized spacial score (nSPS) is 19.1. The Morgan fingerprint density at radius 3 is 1.90 bits per heavy atom. The van der Waals surface area contributed by atoms with Crippen LogP contribution in [-0.2, 0) is 27.7 Å². The van der Waals surface area contributed by atoms with Crippen molar-refractivity contribution in [3.05, 3.63) is 195 Å². The summed E-state index contributed by atoms with van der Waals surface area (Å²) in [5.41, 5.74) is 13.0. The Bertz CT molecular complexity index is 3400. The molecule has 0 saturated carbocycles. The maximum atomic E-state index is 6.29. The molecule has 424 valence electrons. The Labute approximate surface area is 527 Å². The lowest BCUT2D eigenvalue weighted by Gasteiger charge is -2.37. The molecule has 4 aromatic carbocycles. The molecule has 4 aliphatic heterocycles. The third-order valence-electron chi connectivity index (χ3n) is 15.2. The van der Waals surface area contributed by atoms with Gasteiger partial charge in [0, 0.05) is 128 Å². The third kappa shape index (κ3) is 14.8. The largest absolute Gasteiger partial charge is 0.663 e. The van der Waals surface area contributed by atoms with E-state index in [0.29, 0.717) is 17.8 Å². The molecule has 0 bridgehead atoms. The van der Waals surface area contributed by atoms with Gasteiger partial charge in [0.15, 0.2) is 0 Å². The monoisotopic (exact) mass is 1400 g/mol. The second kappa shape index (κ2) is 29.4. The number of allylic oxidation sites excluding steroid dienone is 4. The summed E-state index contributed by atoms with van der Waals surface area (Å²) in [5.74, 6) is 1.59. The summed E-state index contributed by atoms with van der Waals surface area (Å²) in [6.45, 7) is 5.64. The highest BCUT2D eigenvalue weighted by molar-refractivity contribution is 9.15. The molecular formula is C60H58Br3Cl3N6O6S3. The Hall–Kier alpha value is -2.93. The highest BCUT2D eigenvalue weighted by atomic mass is 79.9. The number of halogens is 6. The van der Waals surface area contributed by atoms with Crippen LogP contribution in [0, 0.1) is 11.8 Å². The molecule has 21 heteroatoms. The van der Waals surface area contributed by atoms with Crippen LogP contribution in [0.25, 0.3) is 49.2 Å². The third-order valence-corrected chi connectivity index (χ3v) is 20.2. The van der Waals surface area contributed by atoms with Gasteiger partial charge < -0.3 is 5.32 Å². The molecule has 12 rings (SSSR count). The SMILES string of the molecule is COOSN1CCC(C2=C3[N-]C=CC=C3C(Br)=Cc3cc(Cl)ccc32)CC1.COOSN1CCC(C2c3ccc(Cl)cc3C=C(Br)c3cccnc32)CC1.COOSN1CCC(c2c3ncccc3c(Br)c[c+]3cc(Cl)ccc23)CC1. The first-order valence-electron chi connectivity index (χ1n) is 26.5. The van der Waals surface area contributed by atoms with Crippen molar-refractivity contribution in [2.45, 2.75) is 50.4 Å². The van der Waals surface area contributed by atoms with E-state index in [0.717, 1.165) is 156 Å². The van der Waals surface area contributed by atoms with Crippen molar-refractivity contribution in [2.24, 2.45) is 11.8 Å². The summed E-state index contributed by atoms with van der Waals surface area (Å²) >= 11 is 33.9. The van der Waals surface area contributed by atoms with Crippen LogP contribution in [0.15, 0.2) is 136 Å². The highest BCUT2D eigenvalue weighted by Crippen LogP contribution is 2.49. The van der Waals surface area contributed by atoms with Crippen LogP contribution in [0.2, 0.25) is 15.1 Å². The van der Waals surface area contributed by atoms with E-state index >= 15 is 0 Å². The fourth-order valence-corrected chi connectivity index (χ4v) is 15.3. The Balaban J connectivity index is 0.000000136. The van der Waals surface area contributed by atoms with Crippen LogP contribution in [0.4, 0.5) is 0 Å². The van der Waals surface area contributed by atoms with E-state index in [9.17, 15) is 0 Å². The molecule has 2 aliphatic carbocycles. The van der Waals surface area contributed by atoms with Crippen molar-refractivity contribution in [3.8, 4) is 0 Å². The molecule has 1 atom stereocenters. The van der Waals surface area contributed by atoms with Crippen LogP contribution in [-0.4, -0.2) is 83.5 Å². The second-order valence-corrected chi connectivity index (χ2v) is 26.1. The molecule has 3 saturated heterocycles. The maximum Gasteiger partial charge on any atom is 0.121 e. The minimum absolute atomic E-state index is 0.246. The summed E-state index contributed by atoms with van der Waals surface area (Å²) in [6.07, 6.45) is 20.3. The number of hydrogen-bond donors (Lipinski definition) is 0. The average molecular weight is 1400 g/mol. The van der Waals surface area contributed by atoms with E-state index in [1.807, 2.05) is 67.1 Å².